The zero-order valence-electron chi connectivity index (χ0n) is 19.9. The molecule has 0 aliphatic rings. The van der Waals surface area contributed by atoms with Gasteiger partial charge in [0, 0.05) is 17.4 Å². The van der Waals surface area contributed by atoms with Crippen molar-refractivity contribution in [2.45, 2.75) is 14.4 Å². The lowest BCUT2D eigenvalue weighted by molar-refractivity contribution is -0.118. The highest BCUT2D eigenvalue weighted by Gasteiger charge is 2.12. The third-order valence-corrected chi connectivity index (χ3v) is 8.31. The molecule has 1 N–H and O–H groups in total. The van der Waals surface area contributed by atoms with E-state index in [-0.39, 0.29) is 11.7 Å². The molecule has 8 nitrogen and oxygen atoms in total. The molecule has 36 heavy (non-hydrogen) atoms. The van der Waals surface area contributed by atoms with Gasteiger partial charge in [0.1, 0.15) is 5.75 Å². The number of carbonyl (C=O) groups excluding carboxylic acids is 1. The van der Waals surface area contributed by atoms with E-state index in [0.29, 0.717) is 22.8 Å². The van der Waals surface area contributed by atoms with Crippen molar-refractivity contribution in [1.29, 1.82) is 0 Å². The average molecular weight is 541 g/mol. The summed E-state index contributed by atoms with van der Waals surface area (Å²) in [5.74, 6) is 2.34. The van der Waals surface area contributed by atoms with Gasteiger partial charge in [0.15, 0.2) is 20.2 Å². The van der Waals surface area contributed by atoms with Gasteiger partial charge in [-0.2, -0.15) is 5.10 Å². The van der Waals surface area contributed by atoms with Crippen LogP contribution in [-0.2, 0) is 10.5 Å². The molecule has 0 unspecified atom stereocenters. The van der Waals surface area contributed by atoms with Gasteiger partial charge in [0.25, 0.3) is 5.91 Å². The van der Waals surface area contributed by atoms with Crippen LogP contribution >= 0.6 is 34.9 Å². The van der Waals surface area contributed by atoms with Crippen molar-refractivity contribution in [3.05, 3.63) is 65.7 Å². The fourth-order valence-corrected chi connectivity index (χ4v) is 6.18. The van der Waals surface area contributed by atoms with Gasteiger partial charge in [0.05, 0.1) is 33.3 Å². The Kier molecular flexibility index (Phi) is 9.04. The Hall–Kier alpha value is -3.28. The molecule has 186 valence electrons. The van der Waals surface area contributed by atoms with Gasteiger partial charge in [-0.3, -0.25) is 4.79 Å². The Morgan fingerprint density at radius 1 is 0.944 bits per heavy atom. The number of thioether (sulfide) groups is 2. The van der Waals surface area contributed by atoms with Crippen LogP contribution < -0.4 is 19.6 Å². The maximum atomic E-state index is 12.3. The van der Waals surface area contributed by atoms with Crippen LogP contribution in [-0.4, -0.2) is 49.4 Å². The van der Waals surface area contributed by atoms with Crippen LogP contribution in [0.1, 0.15) is 11.1 Å². The number of hydrogen-bond acceptors (Lipinski definition) is 10. The molecule has 1 heterocycles. The first-order valence-corrected chi connectivity index (χ1v) is 13.6. The van der Waals surface area contributed by atoms with Gasteiger partial charge >= 0.3 is 0 Å². The molecular weight excluding hydrogens is 517 g/mol. The average Bonchev–Trinajstić information content (AvgIpc) is 3.38. The van der Waals surface area contributed by atoms with Crippen molar-refractivity contribution in [2.75, 3.05) is 27.1 Å². The summed E-state index contributed by atoms with van der Waals surface area (Å²) in [7, 11) is 4.64. The number of amides is 1. The van der Waals surface area contributed by atoms with Gasteiger partial charge in [-0.15, -0.1) is 10.2 Å². The number of aromatic nitrogens is 2. The van der Waals surface area contributed by atoms with Gasteiger partial charge < -0.3 is 14.2 Å². The lowest BCUT2D eigenvalue weighted by Gasteiger charge is -2.11. The fourth-order valence-electron chi connectivity index (χ4n) is 3.36. The number of hydrazone groups is 1. The van der Waals surface area contributed by atoms with E-state index in [9.17, 15) is 4.79 Å². The Morgan fingerprint density at radius 3 is 2.42 bits per heavy atom. The summed E-state index contributed by atoms with van der Waals surface area (Å²) in [6.45, 7) is 0. The highest BCUT2D eigenvalue weighted by Crippen LogP contribution is 2.34. The minimum absolute atomic E-state index is 0.170. The molecular formula is C25H24N4O4S3. The molecule has 11 heteroatoms. The first-order valence-electron chi connectivity index (χ1n) is 10.8. The predicted octanol–water partition coefficient (Wildman–Crippen LogP) is 5.25. The van der Waals surface area contributed by atoms with E-state index in [4.69, 9.17) is 14.2 Å². The summed E-state index contributed by atoms with van der Waals surface area (Å²) in [6.07, 6.45) is 1.50. The molecule has 4 rings (SSSR count). The molecule has 0 fully saturated rings. The highest BCUT2D eigenvalue weighted by atomic mass is 32.2. The zero-order chi connectivity index (χ0) is 25.3. The number of nitrogens with one attached hydrogen (secondary N) is 1. The largest absolute Gasteiger partial charge is 0.496 e. The number of nitrogens with zero attached hydrogens (tertiary/aromatic N) is 3. The smallest absolute Gasteiger partial charge is 0.250 e. The minimum Gasteiger partial charge on any atom is -0.496 e. The number of hydrogen-bond donors (Lipinski definition) is 1. The summed E-state index contributed by atoms with van der Waals surface area (Å²) in [6, 6.07) is 18.1. The molecule has 0 spiro atoms. The maximum Gasteiger partial charge on any atom is 0.250 e. The quantitative estimate of drug-likeness (QED) is 0.157. The molecule has 0 aliphatic carbocycles. The molecule has 3 aromatic carbocycles. The Morgan fingerprint density at radius 2 is 1.64 bits per heavy atom. The molecule has 0 bridgehead atoms. The molecule has 1 amide bonds. The van der Waals surface area contributed by atoms with Crippen molar-refractivity contribution in [3.63, 3.8) is 0 Å². The molecule has 0 radical (unpaired) electrons. The standard InChI is InChI=1S/C25H24N4O4S3/c1-31-20-12-22(33-3)21(32-2)11-18(20)13-26-27-23(30)15-35-25-29-28-24(36-25)34-14-17-9-6-8-16-7-4-5-10-19(16)17/h4-13H,14-15H2,1-3H3,(H,27,30)/b26-13+. The molecule has 0 atom stereocenters. The zero-order valence-corrected chi connectivity index (χ0v) is 22.3. The molecule has 0 aliphatic heterocycles. The van der Waals surface area contributed by atoms with Crippen LogP contribution in [0, 0.1) is 0 Å². The second-order valence-corrected chi connectivity index (χ2v) is 10.7. The summed E-state index contributed by atoms with van der Waals surface area (Å²) < 4.78 is 17.5. The third kappa shape index (κ3) is 6.48. The van der Waals surface area contributed by atoms with Gasteiger partial charge in [-0.05, 0) is 22.4 Å². The monoisotopic (exact) mass is 540 g/mol. The van der Waals surface area contributed by atoms with Crippen molar-refractivity contribution >= 4 is 57.8 Å². The van der Waals surface area contributed by atoms with Gasteiger partial charge in [-0.25, -0.2) is 5.43 Å². The number of methoxy groups -OCH3 is 3. The van der Waals surface area contributed by atoms with Crippen LogP contribution in [0.4, 0.5) is 0 Å². The van der Waals surface area contributed by atoms with E-state index >= 15 is 0 Å². The maximum absolute atomic E-state index is 12.3. The normalized spacial score (nSPS) is 11.1. The predicted molar refractivity (Wildman–Crippen MR) is 146 cm³/mol. The lowest BCUT2D eigenvalue weighted by Crippen LogP contribution is -2.19. The highest BCUT2D eigenvalue weighted by molar-refractivity contribution is 8.03. The third-order valence-electron chi connectivity index (χ3n) is 5.07. The SMILES string of the molecule is COc1cc(OC)c(OC)cc1/C=N/NC(=O)CSc1nnc(SCc2cccc3ccccc23)s1. The number of carbonyl (C=O) groups is 1. The summed E-state index contributed by atoms with van der Waals surface area (Å²) in [4.78, 5) is 12.3. The summed E-state index contributed by atoms with van der Waals surface area (Å²) >= 11 is 4.44. The first kappa shape index (κ1) is 25.8. The Balaban J connectivity index is 1.28. The van der Waals surface area contributed by atoms with Crippen LogP contribution in [0.5, 0.6) is 17.2 Å². The Bertz CT molecular complexity index is 1370. The number of fused-ring (bicyclic) bond motifs is 1. The van der Waals surface area contributed by atoms with E-state index in [0.717, 1.165) is 14.4 Å². The van der Waals surface area contributed by atoms with E-state index in [2.05, 4.69) is 57.1 Å². The van der Waals surface area contributed by atoms with Crippen molar-refractivity contribution in [1.82, 2.24) is 15.6 Å². The van der Waals surface area contributed by atoms with E-state index in [1.54, 1.807) is 45.2 Å². The van der Waals surface area contributed by atoms with Crippen LogP contribution in [0.3, 0.4) is 0 Å². The van der Waals surface area contributed by atoms with Crippen molar-refractivity contribution in [3.8, 4) is 17.2 Å². The van der Waals surface area contributed by atoms with Crippen LogP contribution in [0.2, 0.25) is 0 Å². The fraction of sp³-hybridized carbons (Fsp3) is 0.200. The van der Waals surface area contributed by atoms with Crippen molar-refractivity contribution < 1.29 is 19.0 Å². The topological polar surface area (TPSA) is 94.9 Å². The van der Waals surface area contributed by atoms with Gasteiger partial charge in [0.2, 0.25) is 0 Å². The molecule has 0 saturated heterocycles. The van der Waals surface area contributed by atoms with Crippen molar-refractivity contribution in [2.24, 2.45) is 5.10 Å². The molecule has 4 aromatic rings. The second kappa shape index (κ2) is 12.6. The van der Waals surface area contributed by atoms with Crippen LogP contribution in [0.15, 0.2) is 68.4 Å². The number of rotatable bonds is 11. The Labute approximate surface area is 221 Å². The molecule has 0 saturated carbocycles. The second-order valence-electron chi connectivity index (χ2n) is 7.29. The minimum atomic E-state index is -0.254. The number of ether oxygens (including phenoxy) is 3. The first-order chi connectivity index (χ1) is 17.6. The molecule has 1 aromatic heterocycles. The number of benzene rings is 3. The van der Waals surface area contributed by atoms with E-state index in [1.165, 1.54) is 45.6 Å². The van der Waals surface area contributed by atoms with E-state index in [1.807, 2.05) is 6.07 Å². The van der Waals surface area contributed by atoms with Crippen LogP contribution in [0.25, 0.3) is 10.8 Å². The summed E-state index contributed by atoms with van der Waals surface area (Å²) in [5.41, 5.74) is 4.42. The lowest BCUT2D eigenvalue weighted by atomic mass is 10.1. The van der Waals surface area contributed by atoms with Gasteiger partial charge in [-0.1, -0.05) is 77.3 Å². The van der Waals surface area contributed by atoms with E-state index < -0.39 is 0 Å². The summed E-state index contributed by atoms with van der Waals surface area (Å²) in [5, 5.41) is 15.0.